The number of sulfone groups is 1. The number of primary amides is 1. The first-order valence-corrected chi connectivity index (χ1v) is 17.2. The minimum atomic E-state index is -3.39. The zero-order chi connectivity index (χ0) is 30.7. The average molecular weight is 643 g/mol. The van der Waals surface area contributed by atoms with E-state index in [9.17, 15) is 13.2 Å². The molecule has 5 rings (SSSR count). The summed E-state index contributed by atoms with van der Waals surface area (Å²) in [4.78, 5) is 19.0. The van der Waals surface area contributed by atoms with Crippen molar-refractivity contribution in [1.82, 2.24) is 19.8 Å². The number of nitrogens with zero attached hydrogens (tertiary/aromatic N) is 3. The Morgan fingerprint density at radius 3 is 2.53 bits per heavy atom. The highest BCUT2D eigenvalue weighted by molar-refractivity contribution is 7.90. The fourth-order valence-corrected chi connectivity index (χ4v) is 6.80. The van der Waals surface area contributed by atoms with Crippen LogP contribution in [0, 0.1) is 0 Å². The number of hydrogen-bond donors (Lipinski definition) is 2. The van der Waals surface area contributed by atoms with E-state index in [0.717, 1.165) is 66.9 Å². The van der Waals surface area contributed by atoms with Crippen molar-refractivity contribution in [3.63, 3.8) is 0 Å². The third-order valence-corrected chi connectivity index (χ3v) is 10.6. The van der Waals surface area contributed by atoms with Crippen LogP contribution in [0.2, 0.25) is 10.0 Å². The van der Waals surface area contributed by atoms with Crippen molar-refractivity contribution >= 4 is 50.0 Å². The predicted molar refractivity (Wildman–Crippen MR) is 174 cm³/mol. The normalized spacial score (nSPS) is 17.9. The van der Waals surface area contributed by atoms with Gasteiger partial charge in [-0.1, -0.05) is 53.5 Å². The van der Waals surface area contributed by atoms with Crippen LogP contribution < -0.4 is 11.1 Å². The van der Waals surface area contributed by atoms with Gasteiger partial charge in [-0.2, -0.15) is 0 Å². The number of para-hydroxylation sites is 2. The monoisotopic (exact) mass is 641 g/mol. The van der Waals surface area contributed by atoms with E-state index in [1.54, 1.807) is 19.1 Å². The van der Waals surface area contributed by atoms with Gasteiger partial charge in [0.1, 0.15) is 11.2 Å². The standard InChI is InChI=1S/C32H37Cl2N5O3S/c1-21(43(2,41)42)39-29-7-4-3-6-28(29)37-32(39)30-20-36-15-5-16-38(30)17-14-25(24-12-13-26(33)27(34)19-24)18-22-8-10-23(11-9-22)31(35)40/h3-4,6-13,19,21,25,30,36H,5,14-18,20H2,1-2H3,(H2,35,40). The molecule has 8 nitrogen and oxygen atoms in total. The summed E-state index contributed by atoms with van der Waals surface area (Å²) in [5, 5.41) is 3.81. The molecular formula is C32H37Cl2N5O3S. The number of imidazole rings is 1. The first-order valence-electron chi connectivity index (χ1n) is 14.5. The van der Waals surface area contributed by atoms with Gasteiger partial charge in [-0.15, -0.1) is 0 Å². The smallest absolute Gasteiger partial charge is 0.248 e. The van der Waals surface area contributed by atoms with Crippen LogP contribution in [0.5, 0.6) is 0 Å². The summed E-state index contributed by atoms with van der Waals surface area (Å²) in [6.45, 7) is 4.86. The maximum atomic E-state index is 12.8. The van der Waals surface area contributed by atoms with Gasteiger partial charge in [0.2, 0.25) is 5.91 Å². The second-order valence-electron chi connectivity index (χ2n) is 11.3. The number of nitrogens with one attached hydrogen (secondary N) is 1. The van der Waals surface area contributed by atoms with Crippen molar-refractivity contribution in [3.05, 3.63) is 99.3 Å². The molecule has 2 heterocycles. The molecule has 4 aromatic rings. The molecule has 1 amide bonds. The molecule has 3 unspecified atom stereocenters. The van der Waals surface area contributed by atoms with Crippen molar-refractivity contribution in [2.45, 2.75) is 43.5 Å². The van der Waals surface area contributed by atoms with E-state index >= 15 is 0 Å². The summed E-state index contributed by atoms with van der Waals surface area (Å²) in [5.74, 6) is 0.408. The fourth-order valence-electron chi connectivity index (χ4n) is 5.89. The minimum Gasteiger partial charge on any atom is -0.366 e. The summed E-state index contributed by atoms with van der Waals surface area (Å²) in [6, 6.07) is 20.8. The Balaban J connectivity index is 1.48. The lowest BCUT2D eigenvalue weighted by atomic mass is 9.88. The van der Waals surface area contributed by atoms with E-state index in [2.05, 4.69) is 10.2 Å². The van der Waals surface area contributed by atoms with Crippen LogP contribution in [0.25, 0.3) is 11.0 Å². The molecule has 1 fully saturated rings. The maximum Gasteiger partial charge on any atom is 0.248 e. The highest BCUT2D eigenvalue weighted by Crippen LogP contribution is 2.34. The Morgan fingerprint density at radius 1 is 1.09 bits per heavy atom. The number of fused-ring (bicyclic) bond motifs is 1. The quantitative estimate of drug-likeness (QED) is 0.228. The molecule has 3 N–H and O–H groups in total. The second kappa shape index (κ2) is 13.4. The van der Waals surface area contributed by atoms with Crippen molar-refractivity contribution in [2.24, 2.45) is 5.73 Å². The van der Waals surface area contributed by atoms with Gasteiger partial charge in [-0.25, -0.2) is 13.4 Å². The van der Waals surface area contributed by atoms with Crippen molar-refractivity contribution in [1.29, 1.82) is 0 Å². The van der Waals surface area contributed by atoms with Crippen LogP contribution in [0.1, 0.15) is 64.4 Å². The van der Waals surface area contributed by atoms with Crippen LogP contribution in [-0.4, -0.2) is 61.2 Å². The summed E-state index contributed by atoms with van der Waals surface area (Å²) in [7, 11) is -3.39. The number of hydrogen-bond acceptors (Lipinski definition) is 6. The summed E-state index contributed by atoms with van der Waals surface area (Å²) < 4.78 is 27.5. The zero-order valence-electron chi connectivity index (χ0n) is 24.3. The first-order chi connectivity index (χ1) is 20.5. The lowest BCUT2D eigenvalue weighted by Crippen LogP contribution is -2.36. The number of nitrogens with two attached hydrogens (primary N) is 1. The molecule has 1 aliphatic rings. The Labute approximate surface area is 263 Å². The second-order valence-corrected chi connectivity index (χ2v) is 14.4. The van der Waals surface area contributed by atoms with Gasteiger partial charge in [0.25, 0.3) is 0 Å². The van der Waals surface area contributed by atoms with Crippen molar-refractivity contribution < 1.29 is 13.2 Å². The van der Waals surface area contributed by atoms with E-state index in [0.29, 0.717) is 22.2 Å². The molecule has 0 bridgehead atoms. The van der Waals surface area contributed by atoms with Crippen molar-refractivity contribution in [3.8, 4) is 0 Å². The number of carbonyl (C=O) groups excluding carboxylic acids is 1. The summed E-state index contributed by atoms with van der Waals surface area (Å²) >= 11 is 12.7. The fraction of sp³-hybridized carbons (Fsp3) is 0.375. The SMILES string of the molecule is CC(n1c(C2CNCCCN2CCC(Cc2ccc(C(N)=O)cc2)c2ccc(Cl)c(Cl)c2)nc2ccccc21)S(C)(=O)=O. The molecule has 11 heteroatoms. The third-order valence-electron chi connectivity index (χ3n) is 8.38. The highest BCUT2D eigenvalue weighted by atomic mass is 35.5. The van der Waals surface area contributed by atoms with Gasteiger partial charge in [0, 0.05) is 24.9 Å². The molecule has 1 saturated heterocycles. The molecule has 43 heavy (non-hydrogen) atoms. The lowest BCUT2D eigenvalue weighted by molar-refractivity contribution is 0.1000. The van der Waals surface area contributed by atoms with Gasteiger partial charge in [0.05, 0.1) is 27.1 Å². The Morgan fingerprint density at radius 2 is 1.84 bits per heavy atom. The van der Waals surface area contributed by atoms with Crippen LogP contribution in [0.4, 0.5) is 0 Å². The van der Waals surface area contributed by atoms with E-state index in [1.165, 1.54) is 6.26 Å². The van der Waals surface area contributed by atoms with Crippen LogP contribution >= 0.6 is 23.2 Å². The summed E-state index contributed by atoms with van der Waals surface area (Å²) in [5.41, 5.74) is 9.68. The van der Waals surface area contributed by atoms with E-state index < -0.39 is 21.1 Å². The van der Waals surface area contributed by atoms with Crippen molar-refractivity contribution in [2.75, 3.05) is 32.4 Å². The molecule has 0 radical (unpaired) electrons. The molecule has 0 aliphatic carbocycles. The largest absolute Gasteiger partial charge is 0.366 e. The molecule has 0 spiro atoms. The van der Waals surface area contributed by atoms with Crippen LogP contribution in [-0.2, 0) is 16.3 Å². The van der Waals surface area contributed by atoms with Gasteiger partial charge >= 0.3 is 0 Å². The number of benzene rings is 3. The van der Waals surface area contributed by atoms with Crippen LogP contribution in [0.15, 0.2) is 66.7 Å². The molecule has 1 aromatic heterocycles. The van der Waals surface area contributed by atoms with Gasteiger partial charge in [-0.3, -0.25) is 9.69 Å². The number of rotatable bonds is 10. The molecule has 0 saturated carbocycles. The first kappa shape index (κ1) is 31.5. The lowest BCUT2D eigenvalue weighted by Gasteiger charge is -2.32. The zero-order valence-corrected chi connectivity index (χ0v) is 26.7. The molecule has 228 valence electrons. The van der Waals surface area contributed by atoms with E-state index in [1.807, 2.05) is 59.2 Å². The maximum absolute atomic E-state index is 12.8. The topological polar surface area (TPSA) is 110 Å². The third kappa shape index (κ3) is 7.24. The molecule has 3 aromatic carbocycles. The average Bonchev–Trinajstić information content (AvgIpc) is 3.19. The summed E-state index contributed by atoms with van der Waals surface area (Å²) in [6.07, 6.45) is 3.78. The molecular weight excluding hydrogens is 605 g/mol. The number of aromatic nitrogens is 2. The van der Waals surface area contributed by atoms with E-state index in [4.69, 9.17) is 33.9 Å². The Hall–Kier alpha value is -2.95. The minimum absolute atomic E-state index is 0.111. The highest BCUT2D eigenvalue weighted by Gasteiger charge is 2.32. The van der Waals surface area contributed by atoms with Gasteiger partial charge in [-0.05, 0) is 92.7 Å². The van der Waals surface area contributed by atoms with Gasteiger partial charge in [0.15, 0.2) is 9.84 Å². The number of halogens is 2. The number of amides is 1. The van der Waals surface area contributed by atoms with Gasteiger partial charge < -0.3 is 15.6 Å². The Kier molecular flexibility index (Phi) is 9.78. The van der Waals surface area contributed by atoms with E-state index in [-0.39, 0.29) is 12.0 Å². The predicted octanol–water partition coefficient (Wildman–Crippen LogP) is 5.76. The molecule has 1 aliphatic heterocycles. The van der Waals surface area contributed by atoms with Crippen LogP contribution in [0.3, 0.4) is 0 Å². The molecule has 3 atom stereocenters. The Bertz CT molecular complexity index is 1710. The number of carbonyl (C=O) groups is 1.